The van der Waals surface area contributed by atoms with E-state index >= 15 is 0 Å². The van der Waals surface area contributed by atoms with E-state index in [1.54, 1.807) is 0 Å². The van der Waals surface area contributed by atoms with E-state index in [0.29, 0.717) is 23.6 Å². The molecule has 5 nitrogen and oxygen atoms in total. The van der Waals surface area contributed by atoms with Gasteiger partial charge in [0.05, 0.1) is 12.3 Å². The Morgan fingerprint density at radius 2 is 1.77 bits per heavy atom. The molecule has 0 aliphatic rings. The molecule has 0 radical (unpaired) electrons. The van der Waals surface area contributed by atoms with Gasteiger partial charge in [-0.05, 0) is 55.0 Å². The Kier molecular flexibility index (Phi) is 9.80. The van der Waals surface area contributed by atoms with Crippen LogP contribution >= 0.6 is 0 Å². The van der Waals surface area contributed by atoms with E-state index in [1.165, 1.54) is 30.0 Å². The summed E-state index contributed by atoms with van der Waals surface area (Å²) in [4.78, 5) is 4.51. The predicted octanol–water partition coefficient (Wildman–Crippen LogP) is 3.84. The van der Waals surface area contributed by atoms with Crippen molar-refractivity contribution in [3.8, 4) is 0 Å². The third-order valence-corrected chi connectivity index (χ3v) is 5.45. The average molecular weight is 434 g/mol. The molecule has 0 fully saturated rings. The molecular weight excluding hydrogens is 401 g/mol. The predicted molar refractivity (Wildman–Crippen MR) is 122 cm³/mol. The van der Waals surface area contributed by atoms with Crippen LogP contribution in [0.2, 0.25) is 0 Å². The van der Waals surface area contributed by atoms with Crippen LogP contribution in [-0.4, -0.2) is 33.7 Å². The fraction of sp³-hybridized carbons (Fsp3) is 0.435. The highest BCUT2D eigenvalue weighted by atomic mass is 32.2. The second-order valence-corrected chi connectivity index (χ2v) is 9.54. The van der Waals surface area contributed by atoms with Gasteiger partial charge in [-0.15, -0.1) is 0 Å². The normalized spacial score (nSPS) is 12.0. The summed E-state index contributed by atoms with van der Waals surface area (Å²) >= 11 is 0. The van der Waals surface area contributed by atoms with Crippen LogP contribution in [0.15, 0.2) is 53.5 Å². The number of rotatable bonds is 11. The number of hydrogen-bond acceptors (Lipinski definition) is 3. The molecule has 2 aromatic rings. The molecule has 164 valence electrons. The Labute approximate surface area is 179 Å². The number of unbranched alkanes of at least 4 members (excludes halogenated alkanes) is 2. The Balaban J connectivity index is 1.86. The monoisotopic (exact) mass is 433 g/mol. The number of halogens is 1. The number of guanidine groups is 1. The zero-order valence-corrected chi connectivity index (χ0v) is 18.6. The maximum Gasteiger partial charge on any atom is 0.191 e. The SMILES string of the molecule is CCNC(=NCc1cc(F)ccc1CS(C)(=O)=O)NCCCCCc1ccccc1. The Morgan fingerprint density at radius 3 is 2.47 bits per heavy atom. The minimum Gasteiger partial charge on any atom is -0.357 e. The highest BCUT2D eigenvalue weighted by Crippen LogP contribution is 2.15. The topological polar surface area (TPSA) is 70.6 Å². The van der Waals surface area contributed by atoms with Crippen molar-refractivity contribution < 1.29 is 12.8 Å². The fourth-order valence-corrected chi connectivity index (χ4v) is 4.00. The van der Waals surface area contributed by atoms with E-state index in [-0.39, 0.29) is 12.3 Å². The summed E-state index contributed by atoms with van der Waals surface area (Å²) < 4.78 is 37.0. The van der Waals surface area contributed by atoms with Gasteiger partial charge in [0.1, 0.15) is 5.82 Å². The van der Waals surface area contributed by atoms with Crippen molar-refractivity contribution in [1.29, 1.82) is 0 Å². The maximum atomic E-state index is 13.7. The molecule has 0 aromatic heterocycles. The van der Waals surface area contributed by atoms with Crippen molar-refractivity contribution >= 4 is 15.8 Å². The summed E-state index contributed by atoms with van der Waals surface area (Å²) in [5.41, 5.74) is 2.53. The quantitative estimate of drug-likeness (QED) is 0.321. The van der Waals surface area contributed by atoms with Crippen LogP contribution in [-0.2, 0) is 28.6 Å². The lowest BCUT2D eigenvalue weighted by Crippen LogP contribution is -2.37. The molecule has 2 rings (SSSR count). The minimum atomic E-state index is -3.21. The van der Waals surface area contributed by atoms with E-state index < -0.39 is 15.7 Å². The number of hydrogen-bond donors (Lipinski definition) is 2. The van der Waals surface area contributed by atoms with E-state index in [9.17, 15) is 12.8 Å². The van der Waals surface area contributed by atoms with Gasteiger partial charge in [-0.1, -0.05) is 42.8 Å². The van der Waals surface area contributed by atoms with E-state index in [0.717, 1.165) is 32.2 Å². The largest absolute Gasteiger partial charge is 0.357 e. The molecule has 0 saturated heterocycles. The number of sulfone groups is 1. The summed E-state index contributed by atoms with van der Waals surface area (Å²) in [5, 5.41) is 6.48. The van der Waals surface area contributed by atoms with Gasteiger partial charge in [-0.25, -0.2) is 17.8 Å². The Morgan fingerprint density at radius 1 is 1.00 bits per heavy atom. The summed E-state index contributed by atoms with van der Waals surface area (Å²) in [6.07, 6.45) is 5.53. The second-order valence-electron chi connectivity index (χ2n) is 7.40. The van der Waals surface area contributed by atoms with Crippen LogP contribution in [0.1, 0.15) is 42.9 Å². The van der Waals surface area contributed by atoms with Crippen LogP contribution in [0.5, 0.6) is 0 Å². The molecule has 0 aliphatic heterocycles. The Bertz CT molecular complexity index is 915. The standard InChI is InChI=1S/C23H32FN3O2S/c1-3-25-23(26-15-9-5-8-12-19-10-6-4-7-11-19)27-17-21-16-22(24)14-13-20(21)18-30(2,28)29/h4,6-7,10-11,13-14,16H,3,5,8-9,12,15,17-18H2,1-2H3,(H2,25,26,27). The summed E-state index contributed by atoms with van der Waals surface area (Å²) in [6, 6.07) is 14.6. The van der Waals surface area contributed by atoms with Gasteiger partial charge < -0.3 is 10.6 Å². The van der Waals surface area contributed by atoms with Gasteiger partial charge >= 0.3 is 0 Å². The molecular formula is C23H32FN3O2S. The number of aliphatic imine (C=N–C) groups is 1. The summed E-state index contributed by atoms with van der Waals surface area (Å²) in [6.45, 7) is 3.69. The molecule has 0 aliphatic carbocycles. The van der Waals surface area contributed by atoms with Crippen molar-refractivity contribution in [2.24, 2.45) is 4.99 Å². The molecule has 0 spiro atoms. The van der Waals surface area contributed by atoms with Gasteiger partial charge in [0.2, 0.25) is 0 Å². The van der Waals surface area contributed by atoms with Gasteiger partial charge in [-0.3, -0.25) is 0 Å². The highest BCUT2D eigenvalue weighted by molar-refractivity contribution is 7.89. The van der Waals surface area contributed by atoms with E-state index in [2.05, 4.69) is 39.9 Å². The highest BCUT2D eigenvalue weighted by Gasteiger charge is 2.10. The number of benzene rings is 2. The molecule has 7 heteroatoms. The average Bonchev–Trinajstić information content (AvgIpc) is 2.70. The first kappa shape index (κ1) is 23.9. The number of nitrogens with one attached hydrogen (secondary N) is 2. The molecule has 0 bridgehead atoms. The zero-order chi connectivity index (χ0) is 21.8. The van der Waals surface area contributed by atoms with Crippen LogP contribution < -0.4 is 10.6 Å². The molecule has 0 unspecified atom stereocenters. The molecule has 0 saturated carbocycles. The van der Waals surface area contributed by atoms with Crippen molar-refractivity contribution in [3.63, 3.8) is 0 Å². The maximum absolute atomic E-state index is 13.7. The fourth-order valence-electron chi connectivity index (χ4n) is 3.15. The molecule has 2 N–H and O–H groups in total. The van der Waals surface area contributed by atoms with Crippen molar-refractivity contribution in [3.05, 3.63) is 71.0 Å². The Hall–Kier alpha value is -2.41. The second kappa shape index (κ2) is 12.3. The first-order valence-electron chi connectivity index (χ1n) is 10.4. The smallest absolute Gasteiger partial charge is 0.191 e. The van der Waals surface area contributed by atoms with Crippen molar-refractivity contribution in [2.45, 2.75) is 44.9 Å². The van der Waals surface area contributed by atoms with Crippen LogP contribution in [0.4, 0.5) is 4.39 Å². The molecule has 2 aromatic carbocycles. The lowest BCUT2D eigenvalue weighted by molar-refractivity contribution is 0.600. The van der Waals surface area contributed by atoms with Crippen LogP contribution in [0.3, 0.4) is 0 Å². The van der Waals surface area contributed by atoms with Crippen LogP contribution in [0.25, 0.3) is 0 Å². The first-order valence-corrected chi connectivity index (χ1v) is 12.4. The van der Waals surface area contributed by atoms with Crippen LogP contribution in [0, 0.1) is 5.82 Å². The minimum absolute atomic E-state index is 0.122. The van der Waals surface area contributed by atoms with Crippen molar-refractivity contribution in [2.75, 3.05) is 19.3 Å². The lowest BCUT2D eigenvalue weighted by Gasteiger charge is -2.12. The van der Waals surface area contributed by atoms with E-state index in [1.807, 2.05) is 13.0 Å². The first-order chi connectivity index (χ1) is 14.4. The van der Waals surface area contributed by atoms with Crippen molar-refractivity contribution in [1.82, 2.24) is 10.6 Å². The lowest BCUT2D eigenvalue weighted by atomic mass is 10.1. The summed E-state index contributed by atoms with van der Waals surface area (Å²) in [5.74, 6) is 0.132. The number of nitrogens with zero attached hydrogens (tertiary/aromatic N) is 1. The third kappa shape index (κ3) is 9.39. The molecule has 0 atom stereocenters. The number of aryl methyl sites for hydroxylation is 1. The molecule has 0 heterocycles. The third-order valence-electron chi connectivity index (χ3n) is 4.62. The molecule has 0 amide bonds. The van der Waals surface area contributed by atoms with Gasteiger partial charge in [0.25, 0.3) is 0 Å². The van der Waals surface area contributed by atoms with Gasteiger partial charge in [0, 0.05) is 19.3 Å². The van der Waals surface area contributed by atoms with Gasteiger partial charge in [0.15, 0.2) is 15.8 Å². The summed E-state index contributed by atoms with van der Waals surface area (Å²) in [7, 11) is -3.21. The van der Waals surface area contributed by atoms with E-state index in [4.69, 9.17) is 0 Å². The molecule has 30 heavy (non-hydrogen) atoms. The zero-order valence-electron chi connectivity index (χ0n) is 17.8. The van der Waals surface area contributed by atoms with Gasteiger partial charge in [-0.2, -0.15) is 0 Å².